The van der Waals surface area contributed by atoms with E-state index in [2.05, 4.69) is 9.46 Å². The van der Waals surface area contributed by atoms with Crippen LogP contribution in [0.15, 0.2) is 47.5 Å². The first kappa shape index (κ1) is 13.2. The smallest absolute Gasteiger partial charge is 0.302 e. The summed E-state index contributed by atoms with van der Waals surface area (Å²) in [7, 11) is -3.54. The van der Waals surface area contributed by atoms with Gasteiger partial charge in [0.1, 0.15) is 6.61 Å². The minimum atomic E-state index is -3.54. The van der Waals surface area contributed by atoms with Crippen LogP contribution in [-0.4, -0.2) is 21.0 Å². The Morgan fingerprint density at radius 1 is 1.35 bits per heavy atom. The van der Waals surface area contributed by atoms with E-state index in [1.165, 1.54) is 31.3 Å². The molecule has 1 rings (SSSR count). The normalized spacial score (nSPS) is 11.4. The van der Waals surface area contributed by atoms with Crippen molar-refractivity contribution in [3.63, 3.8) is 0 Å². The molecule has 92 valence electrons. The maximum absolute atomic E-state index is 11.7. The molecule has 0 amide bonds. The number of esters is 1. The lowest BCUT2D eigenvalue weighted by Gasteiger charge is -2.03. The van der Waals surface area contributed by atoms with Gasteiger partial charge in [0.15, 0.2) is 0 Å². The van der Waals surface area contributed by atoms with Gasteiger partial charge in [-0.1, -0.05) is 18.2 Å². The van der Waals surface area contributed by atoms with Crippen LogP contribution in [0.3, 0.4) is 0 Å². The Balaban J connectivity index is 2.54. The summed E-state index contributed by atoms with van der Waals surface area (Å²) in [5, 5.41) is 0. The number of ether oxygens (including phenoxy) is 1. The Morgan fingerprint density at radius 3 is 2.59 bits per heavy atom. The molecular weight excluding hydrogens is 242 g/mol. The summed E-state index contributed by atoms with van der Waals surface area (Å²) in [5.74, 6) is -0.416. The lowest BCUT2D eigenvalue weighted by atomic mass is 10.4. The Hall–Kier alpha value is -1.82. The molecule has 0 fully saturated rings. The third-order valence-corrected chi connectivity index (χ3v) is 3.12. The van der Waals surface area contributed by atoms with Crippen molar-refractivity contribution in [3.05, 3.63) is 42.6 Å². The summed E-state index contributed by atoms with van der Waals surface area (Å²) >= 11 is 0. The van der Waals surface area contributed by atoms with Gasteiger partial charge >= 0.3 is 5.97 Å². The van der Waals surface area contributed by atoms with Crippen LogP contribution in [-0.2, 0) is 19.6 Å². The number of hydrogen-bond donors (Lipinski definition) is 1. The van der Waals surface area contributed by atoms with E-state index in [0.717, 1.165) is 0 Å². The highest BCUT2D eigenvalue weighted by Crippen LogP contribution is 2.06. The lowest BCUT2D eigenvalue weighted by molar-refractivity contribution is -0.139. The Kier molecular flexibility index (Phi) is 4.71. The summed E-state index contributed by atoms with van der Waals surface area (Å²) < 4.78 is 30.2. The molecule has 0 aliphatic rings. The third-order valence-electron chi connectivity index (χ3n) is 1.78. The molecule has 0 atom stereocenters. The van der Waals surface area contributed by atoms with Crippen molar-refractivity contribution in [2.24, 2.45) is 0 Å². The summed E-state index contributed by atoms with van der Waals surface area (Å²) in [6, 6.07) is 7.98. The van der Waals surface area contributed by atoms with Crippen molar-refractivity contribution in [3.8, 4) is 0 Å². The minimum Gasteiger partial charge on any atom is -0.462 e. The molecule has 0 saturated carbocycles. The molecule has 0 spiro atoms. The zero-order valence-corrected chi connectivity index (χ0v) is 10.1. The van der Waals surface area contributed by atoms with Gasteiger partial charge in [0, 0.05) is 13.1 Å². The van der Waals surface area contributed by atoms with E-state index in [9.17, 15) is 13.2 Å². The Labute approximate surface area is 100 Å². The number of carbonyl (C=O) groups excluding carboxylic acids is 1. The highest BCUT2D eigenvalue weighted by Gasteiger charge is 2.09. The second-order valence-corrected chi connectivity index (χ2v) is 4.85. The van der Waals surface area contributed by atoms with Gasteiger partial charge in [0.25, 0.3) is 10.0 Å². The molecule has 0 saturated heterocycles. The zero-order valence-electron chi connectivity index (χ0n) is 9.29. The topological polar surface area (TPSA) is 72.5 Å². The Bertz CT molecular complexity index is 493. The lowest BCUT2D eigenvalue weighted by Crippen LogP contribution is -2.17. The predicted octanol–water partition coefficient (Wildman–Crippen LogP) is 1.04. The first-order chi connectivity index (χ1) is 8.02. The second-order valence-electron chi connectivity index (χ2n) is 3.14. The molecule has 1 aromatic carbocycles. The third kappa shape index (κ3) is 4.69. The van der Waals surface area contributed by atoms with E-state index in [1.54, 1.807) is 18.2 Å². The van der Waals surface area contributed by atoms with Crippen molar-refractivity contribution >= 4 is 16.0 Å². The first-order valence-corrected chi connectivity index (χ1v) is 6.36. The molecule has 0 aliphatic carbocycles. The molecular formula is C11H13NO4S. The van der Waals surface area contributed by atoms with Gasteiger partial charge < -0.3 is 4.74 Å². The largest absolute Gasteiger partial charge is 0.462 e. The molecule has 0 radical (unpaired) electrons. The van der Waals surface area contributed by atoms with Crippen LogP contribution in [0, 0.1) is 0 Å². The van der Waals surface area contributed by atoms with E-state index in [4.69, 9.17) is 0 Å². The second kappa shape index (κ2) is 6.05. The van der Waals surface area contributed by atoms with Gasteiger partial charge in [0.2, 0.25) is 0 Å². The molecule has 6 heteroatoms. The monoisotopic (exact) mass is 255 g/mol. The van der Waals surface area contributed by atoms with Gasteiger partial charge in [-0.05, 0) is 18.2 Å². The zero-order chi connectivity index (χ0) is 12.7. The van der Waals surface area contributed by atoms with Crippen LogP contribution >= 0.6 is 0 Å². The molecule has 5 nitrogen and oxygen atoms in total. The van der Waals surface area contributed by atoms with Gasteiger partial charge in [-0.3, -0.25) is 9.52 Å². The average Bonchev–Trinajstić information content (AvgIpc) is 2.29. The fourth-order valence-corrected chi connectivity index (χ4v) is 1.95. The average molecular weight is 255 g/mol. The summed E-state index contributed by atoms with van der Waals surface area (Å²) in [6.07, 6.45) is 2.63. The molecule has 0 aromatic heterocycles. The molecule has 0 bridgehead atoms. The Morgan fingerprint density at radius 2 is 2.00 bits per heavy atom. The minimum absolute atomic E-state index is 0.0344. The summed E-state index contributed by atoms with van der Waals surface area (Å²) in [5.41, 5.74) is 0. The SMILES string of the molecule is CC(=O)OCC=CNS(=O)(=O)c1ccccc1. The van der Waals surface area contributed by atoms with E-state index < -0.39 is 16.0 Å². The molecule has 17 heavy (non-hydrogen) atoms. The predicted molar refractivity (Wildman–Crippen MR) is 62.5 cm³/mol. The van der Waals surface area contributed by atoms with Crippen molar-refractivity contribution < 1.29 is 17.9 Å². The molecule has 1 aromatic rings. The number of hydrogen-bond acceptors (Lipinski definition) is 4. The molecule has 1 N–H and O–H groups in total. The standard InChI is InChI=1S/C11H13NO4S/c1-10(13)16-9-5-8-12-17(14,15)11-6-3-2-4-7-11/h2-8,12H,9H2,1H3. The number of rotatable bonds is 5. The van der Waals surface area contributed by atoms with E-state index in [0.29, 0.717) is 0 Å². The molecule has 0 aliphatic heterocycles. The van der Waals surface area contributed by atoms with Crippen LogP contribution in [0.5, 0.6) is 0 Å². The van der Waals surface area contributed by atoms with Gasteiger partial charge in [0.05, 0.1) is 4.90 Å². The number of benzene rings is 1. The van der Waals surface area contributed by atoms with E-state index in [-0.39, 0.29) is 11.5 Å². The highest BCUT2D eigenvalue weighted by atomic mass is 32.2. The summed E-state index contributed by atoms with van der Waals surface area (Å²) in [4.78, 5) is 10.6. The number of sulfonamides is 1. The van der Waals surface area contributed by atoms with Crippen molar-refractivity contribution in [1.82, 2.24) is 4.72 Å². The quantitative estimate of drug-likeness (QED) is 0.798. The highest BCUT2D eigenvalue weighted by molar-refractivity contribution is 7.89. The van der Waals surface area contributed by atoms with Crippen LogP contribution in [0.2, 0.25) is 0 Å². The van der Waals surface area contributed by atoms with E-state index >= 15 is 0 Å². The van der Waals surface area contributed by atoms with Crippen LogP contribution in [0.25, 0.3) is 0 Å². The van der Waals surface area contributed by atoms with Crippen LogP contribution < -0.4 is 4.72 Å². The van der Waals surface area contributed by atoms with Gasteiger partial charge in [-0.15, -0.1) is 0 Å². The van der Waals surface area contributed by atoms with Gasteiger partial charge in [-0.25, -0.2) is 8.42 Å². The molecule has 0 unspecified atom stereocenters. The van der Waals surface area contributed by atoms with Crippen molar-refractivity contribution in [1.29, 1.82) is 0 Å². The van der Waals surface area contributed by atoms with Crippen molar-refractivity contribution in [2.45, 2.75) is 11.8 Å². The van der Waals surface area contributed by atoms with Crippen LogP contribution in [0.1, 0.15) is 6.92 Å². The van der Waals surface area contributed by atoms with Crippen molar-refractivity contribution in [2.75, 3.05) is 6.61 Å². The fraction of sp³-hybridized carbons (Fsp3) is 0.182. The maximum atomic E-state index is 11.7. The first-order valence-electron chi connectivity index (χ1n) is 4.88. The maximum Gasteiger partial charge on any atom is 0.302 e. The molecule has 0 heterocycles. The van der Waals surface area contributed by atoms with E-state index in [1.807, 2.05) is 0 Å². The fourth-order valence-electron chi connectivity index (χ4n) is 1.02. The summed E-state index contributed by atoms with van der Waals surface area (Å²) in [6.45, 7) is 1.31. The van der Waals surface area contributed by atoms with Gasteiger partial charge in [-0.2, -0.15) is 0 Å². The van der Waals surface area contributed by atoms with Crippen LogP contribution in [0.4, 0.5) is 0 Å². The number of nitrogens with one attached hydrogen (secondary N) is 1. The number of carbonyl (C=O) groups is 1.